The summed E-state index contributed by atoms with van der Waals surface area (Å²) in [6, 6.07) is 45.7. The van der Waals surface area contributed by atoms with Gasteiger partial charge in [0.25, 0.3) is 0 Å². The van der Waals surface area contributed by atoms with Gasteiger partial charge in [-0.1, -0.05) is 121 Å². The summed E-state index contributed by atoms with van der Waals surface area (Å²) in [5, 5.41) is 49.6. The second kappa shape index (κ2) is 11.0. The molecule has 44 heavy (non-hydrogen) atoms. The van der Waals surface area contributed by atoms with Crippen LogP contribution in [-0.2, 0) is 0 Å². The number of phenolic OH excluding ortho intramolecular Hbond substituents is 4. The van der Waals surface area contributed by atoms with Crippen LogP contribution in [-0.4, -0.2) is 20.4 Å². The average Bonchev–Trinajstić information content (AvgIpc) is 3.06. The fourth-order valence-corrected chi connectivity index (χ4v) is 6.09. The first-order valence-corrected chi connectivity index (χ1v) is 14.3. The van der Waals surface area contributed by atoms with E-state index in [1.165, 1.54) is 0 Å². The first-order valence-electron chi connectivity index (χ1n) is 14.3. The maximum Gasteiger partial charge on any atom is 0.124 e. The summed E-state index contributed by atoms with van der Waals surface area (Å²) >= 11 is 0. The van der Waals surface area contributed by atoms with Gasteiger partial charge in [0.1, 0.15) is 23.0 Å². The molecule has 212 valence electrons. The molecule has 0 unspecified atom stereocenters. The highest BCUT2D eigenvalue weighted by Crippen LogP contribution is 2.45. The summed E-state index contributed by atoms with van der Waals surface area (Å²) in [6.07, 6.45) is 0. The first-order chi connectivity index (χ1) is 21.5. The van der Waals surface area contributed by atoms with Gasteiger partial charge in [0.15, 0.2) is 0 Å². The summed E-state index contributed by atoms with van der Waals surface area (Å²) in [7, 11) is 0. The van der Waals surface area contributed by atoms with Gasteiger partial charge < -0.3 is 20.4 Å². The van der Waals surface area contributed by atoms with Gasteiger partial charge in [0, 0.05) is 22.3 Å². The molecular formula is C40H28O4. The zero-order valence-corrected chi connectivity index (χ0v) is 23.6. The molecule has 0 aliphatic carbocycles. The highest BCUT2D eigenvalue weighted by molar-refractivity contribution is 6.10. The van der Waals surface area contributed by atoms with E-state index < -0.39 is 0 Å². The predicted molar refractivity (Wildman–Crippen MR) is 180 cm³/mol. The average molecular weight is 573 g/mol. The van der Waals surface area contributed by atoms with Crippen molar-refractivity contribution in [2.45, 2.75) is 0 Å². The largest absolute Gasteiger partial charge is 0.507 e. The molecule has 4 N–H and O–H groups in total. The van der Waals surface area contributed by atoms with E-state index in [-0.39, 0.29) is 23.0 Å². The number of hydrogen-bond acceptors (Lipinski definition) is 4. The van der Waals surface area contributed by atoms with Crippen LogP contribution in [0.5, 0.6) is 23.0 Å². The maximum atomic E-state index is 10.4. The van der Waals surface area contributed by atoms with Crippen LogP contribution in [0.25, 0.3) is 65.3 Å². The van der Waals surface area contributed by atoms with E-state index in [9.17, 15) is 20.4 Å². The highest BCUT2D eigenvalue weighted by atomic mass is 16.3. The molecule has 0 radical (unpaired) electrons. The predicted octanol–water partition coefficient (Wildman–Crippen LogP) is 10.1. The van der Waals surface area contributed by atoms with E-state index in [2.05, 4.69) is 0 Å². The molecule has 8 aromatic rings. The molecule has 0 fully saturated rings. The van der Waals surface area contributed by atoms with Crippen LogP contribution in [0.2, 0.25) is 0 Å². The fraction of sp³-hybridized carbons (Fsp3) is 0. The fourth-order valence-electron chi connectivity index (χ4n) is 6.09. The van der Waals surface area contributed by atoms with Crippen molar-refractivity contribution in [2.24, 2.45) is 0 Å². The Hall–Kier alpha value is -6.00. The number of fused-ring (bicyclic) bond motifs is 4. The van der Waals surface area contributed by atoms with Gasteiger partial charge in [-0.2, -0.15) is 0 Å². The number of phenols is 4. The highest BCUT2D eigenvalue weighted by Gasteiger charge is 2.17. The number of rotatable bonds is 2. The third-order valence-corrected chi connectivity index (χ3v) is 8.13. The molecule has 0 saturated heterocycles. The van der Waals surface area contributed by atoms with Crippen molar-refractivity contribution in [2.75, 3.05) is 0 Å². The Morgan fingerprint density at radius 1 is 0.227 bits per heavy atom. The van der Waals surface area contributed by atoms with Crippen molar-refractivity contribution in [1.29, 1.82) is 0 Å². The summed E-state index contributed by atoms with van der Waals surface area (Å²) < 4.78 is 0. The van der Waals surface area contributed by atoms with E-state index >= 15 is 0 Å². The lowest BCUT2D eigenvalue weighted by atomic mass is 9.92. The first kappa shape index (κ1) is 26.9. The standard InChI is InChI=1S/2C20H14O2/c2*21-17-11-9-13-5-1-3-7-15(13)19(17)20-16-8-4-2-6-14(16)10-12-18(20)22/h2*1-12,21-22H. The molecule has 0 bridgehead atoms. The monoisotopic (exact) mass is 572 g/mol. The molecule has 0 aromatic heterocycles. The van der Waals surface area contributed by atoms with E-state index in [1.807, 2.05) is 121 Å². The summed E-state index contributed by atoms with van der Waals surface area (Å²) in [4.78, 5) is 0. The zero-order chi connectivity index (χ0) is 30.2. The molecule has 0 spiro atoms. The van der Waals surface area contributed by atoms with Crippen LogP contribution < -0.4 is 0 Å². The third kappa shape index (κ3) is 4.59. The van der Waals surface area contributed by atoms with Crippen molar-refractivity contribution >= 4 is 43.1 Å². The second-order valence-electron chi connectivity index (χ2n) is 10.7. The van der Waals surface area contributed by atoms with Crippen molar-refractivity contribution < 1.29 is 20.4 Å². The van der Waals surface area contributed by atoms with Gasteiger partial charge in [-0.05, 0) is 67.4 Å². The van der Waals surface area contributed by atoms with Crippen molar-refractivity contribution in [1.82, 2.24) is 0 Å². The Morgan fingerprint density at radius 3 is 0.659 bits per heavy atom. The van der Waals surface area contributed by atoms with Gasteiger partial charge in [-0.15, -0.1) is 0 Å². The summed E-state index contributed by atoms with van der Waals surface area (Å²) in [6.45, 7) is 0. The quantitative estimate of drug-likeness (QED) is 0.166. The smallest absolute Gasteiger partial charge is 0.124 e. The maximum absolute atomic E-state index is 10.4. The van der Waals surface area contributed by atoms with Gasteiger partial charge in [0.2, 0.25) is 0 Å². The lowest BCUT2D eigenvalue weighted by Crippen LogP contribution is -1.86. The van der Waals surface area contributed by atoms with Gasteiger partial charge in [0.05, 0.1) is 0 Å². The van der Waals surface area contributed by atoms with Crippen molar-refractivity contribution in [3.8, 4) is 45.3 Å². The van der Waals surface area contributed by atoms with E-state index in [0.29, 0.717) is 22.3 Å². The van der Waals surface area contributed by atoms with Crippen LogP contribution in [0.15, 0.2) is 146 Å². The Balaban J connectivity index is 0.000000142. The molecule has 8 aromatic carbocycles. The molecule has 8 rings (SSSR count). The van der Waals surface area contributed by atoms with E-state index in [4.69, 9.17) is 0 Å². The number of benzene rings is 8. The van der Waals surface area contributed by atoms with Crippen molar-refractivity contribution in [3.63, 3.8) is 0 Å². The zero-order valence-electron chi connectivity index (χ0n) is 23.6. The SMILES string of the molecule is Oc1ccc2ccccc2c1-c1c(O)ccc2ccccc12.Oc1ccc2ccccc2c1-c1c(O)ccc2ccccc12. The third-order valence-electron chi connectivity index (χ3n) is 8.13. The van der Waals surface area contributed by atoms with Crippen LogP contribution in [0.1, 0.15) is 0 Å². The Morgan fingerprint density at radius 2 is 0.432 bits per heavy atom. The Kier molecular flexibility index (Phi) is 6.72. The van der Waals surface area contributed by atoms with Gasteiger partial charge in [-0.3, -0.25) is 0 Å². The summed E-state index contributed by atoms with van der Waals surface area (Å²) in [5.41, 5.74) is 2.69. The molecule has 0 heterocycles. The molecule has 4 nitrogen and oxygen atoms in total. The van der Waals surface area contributed by atoms with Crippen molar-refractivity contribution in [3.05, 3.63) is 146 Å². The van der Waals surface area contributed by atoms with Crippen LogP contribution >= 0.6 is 0 Å². The lowest BCUT2D eigenvalue weighted by molar-refractivity contribution is 0.470. The molecule has 0 amide bonds. The minimum atomic E-state index is 0.172. The topological polar surface area (TPSA) is 80.9 Å². The molecule has 0 atom stereocenters. The molecule has 4 heteroatoms. The second-order valence-corrected chi connectivity index (χ2v) is 10.7. The molecule has 0 saturated carbocycles. The molecule has 0 aliphatic heterocycles. The molecular weight excluding hydrogens is 544 g/mol. The van der Waals surface area contributed by atoms with Gasteiger partial charge in [-0.25, -0.2) is 0 Å². The van der Waals surface area contributed by atoms with Crippen LogP contribution in [0.4, 0.5) is 0 Å². The lowest BCUT2D eigenvalue weighted by Gasteiger charge is -2.14. The number of aromatic hydroxyl groups is 4. The normalized spacial score (nSPS) is 11.1. The summed E-state index contributed by atoms with van der Waals surface area (Å²) in [5.74, 6) is 0.686. The minimum Gasteiger partial charge on any atom is -0.507 e. The van der Waals surface area contributed by atoms with E-state index in [0.717, 1.165) is 43.1 Å². The molecule has 0 aliphatic rings. The van der Waals surface area contributed by atoms with Crippen LogP contribution in [0.3, 0.4) is 0 Å². The Labute approximate surface area is 254 Å². The van der Waals surface area contributed by atoms with Crippen LogP contribution in [0, 0.1) is 0 Å². The number of hydrogen-bond donors (Lipinski definition) is 4. The van der Waals surface area contributed by atoms with E-state index in [1.54, 1.807) is 24.3 Å². The minimum absolute atomic E-state index is 0.172. The Bertz CT molecular complexity index is 2010. The van der Waals surface area contributed by atoms with Gasteiger partial charge >= 0.3 is 0 Å².